The maximum Gasteiger partial charge on any atom is 0.387 e. The lowest BCUT2D eigenvalue weighted by atomic mass is 10.1. The maximum absolute atomic E-state index is 12.3. The molecule has 0 radical (unpaired) electrons. The fraction of sp³-hybridized carbons (Fsp3) is 0.273. The molecule has 0 spiro atoms. The Morgan fingerprint density at radius 3 is 2.30 bits per heavy atom. The Hall–Kier alpha value is -3.76. The van der Waals surface area contributed by atoms with Crippen molar-refractivity contribution >= 4 is 18.0 Å². The van der Waals surface area contributed by atoms with Crippen LogP contribution in [-0.2, 0) is 20.7 Å². The van der Waals surface area contributed by atoms with Gasteiger partial charge in [0, 0.05) is 12.6 Å². The summed E-state index contributed by atoms with van der Waals surface area (Å²) in [5, 5.41) is 2.56. The lowest BCUT2D eigenvalue weighted by Crippen LogP contribution is -2.30. The number of nitrogens with one attached hydrogen (secondary N) is 1. The van der Waals surface area contributed by atoms with E-state index in [-0.39, 0.29) is 23.8 Å². The lowest BCUT2D eigenvalue weighted by molar-refractivity contribution is -0.143. The van der Waals surface area contributed by atoms with E-state index in [2.05, 4.69) is 14.8 Å². The highest BCUT2D eigenvalue weighted by molar-refractivity contribution is 5.89. The van der Waals surface area contributed by atoms with E-state index in [4.69, 9.17) is 9.47 Å². The highest BCUT2D eigenvalue weighted by atomic mass is 19.3. The van der Waals surface area contributed by atoms with Crippen LogP contribution in [0.4, 0.5) is 17.6 Å². The van der Waals surface area contributed by atoms with Crippen molar-refractivity contribution in [1.29, 1.82) is 0 Å². The van der Waals surface area contributed by atoms with Crippen molar-refractivity contribution in [2.24, 2.45) is 0 Å². The number of benzene rings is 2. The molecule has 0 aliphatic heterocycles. The molecule has 0 bridgehead atoms. The Morgan fingerprint density at radius 2 is 1.67 bits per heavy atom. The van der Waals surface area contributed by atoms with Gasteiger partial charge in [0.25, 0.3) is 5.91 Å². The Bertz CT molecular complexity index is 950. The van der Waals surface area contributed by atoms with Crippen LogP contribution in [0.3, 0.4) is 0 Å². The molecule has 0 fully saturated rings. The molecule has 0 heterocycles. The number of hydrogen-bond acceptors (Lipinski definition) is 6. The van der Waals surface area contributed by atoms with Crippen molar-refractivity contribution in [3.63, 3.8) is 0 Å². The molecule has 2 aromatic carbocycles. The highest BCUT2D eigenvalue weighted by Gasteiger charge is 2.11. The normalized spacial score (nSPS) is 11.0. The number of halogens is 4. The van der Waals surface area contributed by atoms with Gasteiger partial charge in [-0.3, -0.25) is 4.79 Å². The van der Waals surface area contributed by atoms with Crippen molar-refractivity contribution < 1.29 is 46.1 Å². The zero-order chi connectivity index (χ0) is 24.2. The largest absolute Gasteiger partial charge is 0.493 e. The second kappa shape index (κ2) is 12.9. The molecular weight excluding hydrogens is 450 g/mol. The van der Waals surface area contributed by atoms with Crippen LogP contribution in [0.25, 0.3) is 6.08 Å². The summed E-state index contributed by atoms with van der Waals surface area (Å²) in [6.45, 7) is -6.17. The van der Waals surface area contributed by atoms with Gasteiger partial charge in [-0.1, -0.05) is 18.2 Å². The van der Waals surface area contributed by atoms with Gasteiger partial charge in [-0.05, 0) is 47.9 Å². The third-order valence-electron chi connectivity index (χ3n) is 4.05. The lowest BCUT2D eigenvalue weighted by Gasteiger charge is -2.10. The number of ether oxygens (including phenoxy) is 4. The van der Waals surface area contributed by atoms with Gasteiger partial charge in [-0.15, -0.1) is 0 Å². The van der Waals surface area contributed by atoms with Crippen LogP contribution in [0.2, 0.25) is 0 Å². The first-order valence-electron chi connectivity index (χ1n) is 9.55. The molecule has 1 N–H and O–H groups in total. The first-order chi connectivity index (χ1) is 15.8. The average molecular weight is 471 g/mol. The topological polar surface area (TPSA) is 83.1 Å². The first kappa shape index (κ1) is 25.5. The van der Waals surface area contributed by atoms with Crippen molar-refractivity contribution in [3.8, 4) is 17.2 Å². The Balaban J connectivity index is 1.73. The van der Waals surface area contributed by atoms with Crippen LogP contribution in [0.1, 0.15) is 11.1 Å². The monoisotopic (exact) mass is 471 g/mol. The minimum absolute atomic E-state index is 0.0358. The molecule has 0 saturated carbocycles. The van der Waals surface area contributed by atoms with E-state index >= 15 is 0 Å². The second-order valence-corrected chi connectivity index (χ2v) is 6.35. The molecule has 11 heteroatoms. The van der Waals surface area contributed by atoms with E-state index in [9.17, 15) is 27.2 Å². The van der Waals surface area contributed by atoms with E-state index < -0.39 is 31.7 Å². The van der Waals surface area contributed by atoms with Gasteiger partial charge in [0.15, 0.2) is 18.1 Å². The fourth-order valence-corrected chi connectivity index (χ4v) is 2.57. The Morgan fingerprint density at radius 1 is 0.970 bits per heavy atom. The van der Waals surface area contributed by atoms with E-state index in [1.807, 2.05) is 0 Å². The van der Waals surface area contributed by atoms with Crippen LogP contribution in [0.15, 0.2) is 48.5 Å². The summed E-state index contributed by atoms with van der Waals surface area (Å²) in [5.41, 5.74) is 1.25. The molecule has 33 heavy (non-hydrogen) atoms. The number of carbonyl (C=O) groups excluding carboxylic acids is 2. The number of esters is 1. The molecule has 7 nitrogen and oxygen atoms in total. The molecule has 0 saturated heterocycles. The smallest absolute Gasteiger partial charge is 0.387 e. The van der Waals surface area contributed by atoms with Gasteiger partial charge in [0.2, 0.25) is 0 Å². The van der Waals surface area contributed by atoms with E-state index in [0.29, 0.717) is 12.0 Å². The molecule has 0 aliphatic rings. The quantitative estimate of drug-likeness (QED) is 0.288. The predicted molar refractivity (Wildman–Crippen MR) is 109 cm³/mol. The molecule has 2 rings (SSSR count). The standard InChI is InChI=1S/C22H21F4NO6/c1-30-18-12-15(4-8-17(18)33-22(25)26)5-9-20(29)31-13-19(28)27-11-10-14-2-6-16(7-3-14)32-21(23)24/h2-9,12,21-22H,10-11,13H2,1H3,(H,27,28)/b9-5+. The summed E-state index contributed by atoms with van der Waals surface area (Å²) in [4.78, 5) is 23.6. The average Bonchev–Trinajstić information content (AvgIpc) is 2.77. The molecule has 2 aromatic rings. The highest BCUT2D eigenvalue weighted by Crippen LogP contribution is 2.29. The van der Waals surface area contributed by atoms with Gasteiger partial charge in [0.1, 0.15) is 5.75 Å². The van der Waals surface area contributed by atoms with Crippen molar-refractivity contribution in [3.05, 3.63) is 59.7 Å². The van der Waals surface area contributed by atoms with Crippen molar-refractivity contribution in [2.45, 2.75) is 19.6 Å². The molecule has 0 atom stereocenters. The zero-order valence-electron chi connectivity index (χ0n) is 17.4. The first-order valence-corrected chi connectivity index (χ1v) is 9.55. The SMILES string of the molecule is COc1cc(/C=C/C(=O)OCC(=O)NCCc2ccc(OC(F)F)cc2)ccc1OC(F)F. The van der Waals surface area contributed by atoms with Crippen LogP contribution in [0.5, 0.6) is 17.2 Å². The number of rotatable bonds is 12. The van der Waals surface area contributed by atoms with E-state index in [1.165, 1.54) is 43.5 Å². The summed E-state index contributed by atoms with van der Waals surface area (Å²) in [7, 11) is 1.28. The fourth-order valence-electron chi connectivity index (χ4n) is 2.57. The molecule has 0 unspecified atom stereocenters. The predicted octanol–water partition coefficient (Wildman–Crippen LogP) is 3.81. The molecule has 0 aliphatic carbocycles. The maximum atomic E-state index is 12.3. The van der Waals surface area contributed by atoms with Crippen LogP contribution >= 0.6 is 0 Å². The molecule has 178 valence electrons. The van der Waals surface area contributed by atoms with Gasteiger partial charge in [-0.25, -0.2) is 4.79 Å². The second-order valence-electron chi connectivity index (χ2n) is 6.35. The number of alkyl halides is 4. The molecule has 1 amide bonds. The number of carbonyl (C=O) groups is 2. The van der Waals surface area contributed by atoms with E-state index in [0.717, 1.165) is 11.6 Å². The molecular formula is C22H21F4NO6. The Kier molecular flexibility index (Phi) is 10.00. The van der Waals surface area contributed by atoms with Crippen LogP contribution < -0.4 is 19.5 Å². The van der Waals surface area contributed by atoms with Gasteiger partial charge < -0.3 is 24.3 Å². The minimum Gasteiger partial charge on any atom is -0.493 e. The number of hydrogen-bond donors (Lipinski definition) is 1. The third kappa shape index (κ3) is 9.50. The summed E-state index contributed by atoms with van der Waals surface area (Å²) in [6.07, 6.45) is 2.86. The van der Waals surface area contributed by atoms with Crippen LogP contribution in [-0.4, -0.2) is 45.4 Å². The summed E-state index contributed by atoms with van der Waals surface area (Å²) in [5.74, 6) is -1.37. The summed E-state index contributed by atoms with van der Waals surface area (Å²) in [6, 6.07) is 10.1. The van der Waals surface area contributed by atoms with Gasteiger partial charge in [0.05, 0.1) is 7.11 Å². The molecule has 0 aromatic heterocycles. The zero-order valence-corrected chi connectivity index (χ0v) is 17.4. The van der Waals surface area contributed by atoms with E-state index in [1.54, 1.807) is 12.1 Å². The number of amides is 1. The van der Waals surface area contributed by atoms with Crippen molar-refractivity contribution in [2.75, 3.05) is 20.3 Å². The summed E-state index contributed by atoms with van der Waals surface area (Å²) < 4.78 is 67.3. The van der Waals surface area contributed by atoms with Crippen LogP contribution in [0, 0.1) is 0 Å². The van der Waals surface area contributed by atoms with Crippen molar-refractivity contribution in [1.82, 2.24) is 5.32 Å². The number of methoxy groups -OCH3 is 1. The minimum atomic E-state index is -3.01. The van der Waals surface area contributed by atoms with Gasteiger partial charge >= 0.3 is 19.2 Å². The summed E-state index contributed by atoms with van der Waals surface area (Å²) >= 11 is 0. The Labute approximate surface area is 186 Å². The third-order valence-corrected chi connectivity index (χ3v) is 4.05. The van der Waals surface area contributed by atoms with Gasteiger partial charge in [-0.2, -0.15) is 17.6 Å².